The van der Waals surface area contributed by atoms with Gasteiger partial charge in [0.2, 0.25) is 5.75 Å². The number of para-hydroxylation sites is 2. The lowest BCUT2D eigenvalue weighted by atomic mass is 9.80. The van der Waals surface area contributed by atoms with Crippen LogP contribution in [0.3, 0.4) is 0 Å². The van der Waals surface area contributed by atoms with Crippen molar-refractivity contribution in [3.8, 4) is 28.7 Å². The molecule has 0 aromatic heterocycles. The van der Waals surface area contributed by atoms with Gasteiger partial charge in [0, 0.05) is 36.1 Å². The number of fused-ring (bicyclic) bond motifs is 1. The topological polar surface area (TPSA) is 180 Å². The number of allylic oxidation sites excluding steroid dienone is 2. The van der Waals surface area contributed by atoms with E-state index in [1.807, 2.05) is 36.4 Å². The van der Waals surface area contributed by atoms with Crippen molar-refractivity contribution in [2.75, 3.05) is 41.0 Å². The summed E-state index contributed by atoms with van der Waals surface area (Å²) in [7, 11) is 4.07. The van der Waals surface area contributed by atoms with Gasteiger partial charge in [-0.1, -0.05) is 24.3 Å². The van der Waals surface area contributed by atoms with Gasteiger partial charge < -0.3 is 44.2 Å². The molecule has 1 unspecified atom stereocenters. The highest BCUT2D eigenvalue weighted by Crippen LogP contribution is 2.51. The summed E-state index contributed by atoms with van der Waals surface area (Å²) < 4.78 is 31.8. The van der Waals surface area contributed by atoms with E-state index in [1.54, 1.807) is 40.0 Å². The number of nitrogens with one attached hydrogen (secondary N) is 2. The van der Waals surface area contributed by atoms with Crippen LogP contribution in [0.25, 0.3) is 0 Å². The van der Waals surface area contributed by atoms with Gasteiger partial charge in [0.15, 0.2) is 11.5 Å². The van der Waals surface area contributed by atoms with E-state index in [9.17, 15) is 24.8 Å². The van der Waals surface area contributed by atoms with Crippen LogP contribution < -0.4 is 29.6 Å². The SMILES string of the molecule is COC(=O)C1=C(C)NC(C)=C(C(=O)OC)C1c1cc(OCc2ccccc2OCCNCC(C)O)cc([N+](=O)[O-])c1.COc1cccc2c1O2. The zero-order chi connectivity index (χ0) is 36.4. The second-order valence-corrected chi connectivity index (χ2v) is 11.3. The average molecular weight is 692 g/mol. The molecular formula is C36H41N3O11. The number of nitro benzene ring substituents is 1. The van der Waals surface area contributed by atoms with Gasteiger partial charge in [0.1, 0.15) is 24.7 Å². The number of methoxy groups -OCH3 is 3. The van der Waals surface area contributed by atoms with E-state index >= 15 is 0 Å². The molecule has 0 aliphatic carbocycles. The van der Waals surface area contributed by atoms with Crippen LogP contribution >= 0.6 is 0 Å². The van der Waals surface area contributed by atoms with Crippen molar-refractivity contribution in [1.82, 2.24) is 10.6 Å². The number of benzene rings is 3. The van der Waals surface area contributed by atoms with Crippen molar-refractivity contribution in [1.29, 1.82) is 0 Å². The molecule has 0 bridgehead atoms. The third-order valence-corrected chi connectivity index (χ3v) is 7.70. The number of nitrogens with zero attached hydrogens (tertiary/aromatic N) is 1. The van der Waals surface area contributed by atoms with E-state index in [4.69, 9.17) is 28.4 Å². The molecule has 0 saturated carbocycles. The Balaban J connectivity index is 0.000000532. The van der Waals surface area contributed by atoms with Gasteiger partial charge in [-0.25, -0.2) is 9.59 Å². The number of non-ortho nitro benzene ring substituents is 1. The van der Waals surface area contributed by atoms with Crippen LogP contribution in [0.15, 0.2) is 83.2 Å². The van der Waals surface area contributed by atoms with Crippen LogP contribution in [0.5, 0.6) is 28.7 Å². The number of dihydropyridines is 1. The Morgan fingerprint density at radius 1 is 0.960 bits per heavy atom. The lowest BCUT2D eigenvalue weighted by molar-refractivity contribution is -0.385. The lowest BCUT2D eigenvalue weighted by Gasteiger charge is -2.30. The Kier molecular flexibility index (Phi) is 12.8. The van der Waals surface area contributed by atoms with Crippen LogP contribution in [-0.2, 0) is 25.7 Å². The van der Waals surface area contributed by atoms with E-state index in [1.165, 1.54) is 26.4 Å². The number of esters is 2. The minimum absolute atomic E-state index is 0.0293. The first-order valence-electron chi connectivity index (χ1n) is 15.7. The maximum absolute atomic E-state index is 12.8. The maximum atomic E-state index is 12.8. The highest BCUT2D eigenvalue weighted by molar-refractivity contribution is 5.99. The molecule has 3 aromatic carbocycles. The van der Waals surface area contributed by atoms with Crippen LogP contribution in [0.2, 0.25) is 0 Å². The highest BCUT2D eigenvalue weighted by atomic mass is 16.6. The first kappa shape index (κ1) is 37.2. The van der Waals surface area contributed by atoms with Gasteiger partial charge in [-0.15, -0.1) is 0 Å². The minimum atomic E-state index is -1.01. The molecule has 3 N–H and O–H groups in total. The third kappa shape index (κ3) is 9.30. The number of rotatable bonds is 14. The number of carbonyl (C=O) groups excluding carboxylic acids is 2. The summed E-state index contributed by atoms with van der Waals surface area (Å²) in [5.74, 6) is 0.983. The molecule has 14 nitrogen and oxygen atoms in total. The van der Waals surface area contributed by atoms with Gasteiger partial charge in [-0.05, 0) is 50.6 Å². The molecule has 50 heavy (non-hydrogen) atoms. The Morgan fingerprint density at radius 3 is 2.22 bits per heavy atom. The summed E-state index contributed by atoms with van der Waals surface area (Å²) in [5.41, 5.74) is 1.82. The molecule has 2 aliphatic rings. The molecule has 0 spiro atoms. The summed E-state index contributed by atoms with van der Waals surface area (Å²) in [5, 5.41) is 27.3. The summed E-state index contributed by atoms with van der Waals surface area (Å²) >= 11 is 0. The number of nitro groups is 1. The summed E-state index contributed by atoms with van der Waals surface area (Å²) in [6, 6.07) is 17.1. The number of hydrogen-bond donors (Lipinski definition) is 3. The molecule has 0 fully saturated rings. The molecule has 0 saturated heterocycles. The monoisotopic (exact) mass is 691 g/mol. The van der Waals surface area contributed by atoms with Crippen molar-refractivity contribution >= 4 is 17.6 Å². The van der Waals surface area contributed by atoms with Crippen LogP contribution in [0.1, 0.15) is 37.8 Å². The van der Waals surface area contributed by atoms with Gasteiger partial charge >= 0.3 is 11.9 Å². The average Bonchev–Trinajstić information content (AvgIpc) is 3.90. The Bertz CT molecular complexity index is 1750. The summed E-state index contributed by atoms with van der Waals surface area (Å²) in [6.45, 7) is 6.35. The number of carbonyl (C=O) groups is 2. The second kappa shape index (κ2) is 17.2. The fourth-order valence-electron chi connectivity index (χ4n) is 5.34. The standard InChI is InChI=1S/C29H35N3O9.C7H6O2/c1-17(33)15-30-10-11-40-24-9-7-6-8-20(24)16-41-23-13-21(12-22(14-23)32(36)37)27-25(28(34)38-4)18(2)31-19(3)26(27)29(35)39-5;1-8-5-3-2-4-6-7(5)9-6/h6-9,12-14,17,27,30-31,33H,10-11,15-16H2,1-5H3;2-4H,1H3. The van der Waals surface area contributed by atoms with E-state index < -0.39 is 28.9 Å². The highest BCUT2D eigenvalue weighted by Gasteiger charge is 2.38. The second-order valence-electron chi connectivity index (χ2n) is 11.3. The lowest BCUT2D eigenvalue weighted by Crippen LogP contribution is -2.32. The molecule has 3 aromatic rings. The number of aliphatic hydroxyl groups excluding tert-OH is 1. The van der Waals surface area contributed by atoms with Gasteiger partial charge in [-0.2, -0.15) is 0 Å². The Labute approximate surface area is 289 Å². The van der Waals surface area contributed by atoms with Crippen LogP contribution in [0.4, 0.5) is 5.69 Å². The quantitative estimate of drug-likeness (QED) is 0.0535. The van der Waals surface area contributed by atoms with Crippen LogP contribution in [0, 0.1) is 10.1 Å². The molecule has 14 heteroatoms. The van der Waals surface area contributed by atoms with Crippen molar-refractivity contribution in [2.24, 2.45) is 0 Å². The fourth-order valence-corrected chi connectivity index (χ4v) is 5.34. The molecule has 5 rings (SSSR count). The van der Waals surface area contributed by atoms with E-state index in [2.05, 4.69) is 10.6 Å². The zero-order valence-corrected chi connectivity index (χ0v) is 28.7. The van der Waals surface area contributed by atoms with E-state index in [-0.39, 0.29) is 34.8 Å². The van der Waals surface area contributed by atoms with Crippen molar-refractivity contribution in [2.45, 2.75) is 39.4 Å². The molecule has 2 heterocycles. The minimum Gasteiger partial charge on any atom is -0.493 e. The molecule has 266 valence electrons. The molecule has 0 amide bonds. The molecular weight excluding hydrogens is 650 g/mol. The Hall–Kier alpha value is -5.60. The smallest absolute Gasteiger partial charge is 0.336 e. The maximum Gasteiger partial charge on any atom is 0.336 e. The molecule has 2 aliphatic heterocycles. The van der Waals surface area contributed by atoms with Crippen molar-refractivity contribution in [3.63, 3.8) is 0 Å². The van der Waals surface area contributed by atoms with Gasteiger partial charge in [0.25, 0.3) is 5.69 Å². The molecule has 1 atom stereocenters. The van der Waals surface area contributed by atoms with Crippen molar-refractivity contribution in [3.05, 3.63) is 104 Å². The first-order valence-corrected chi connectivity index (χ1v) is 15.7. The van der Waals surface area contributed by atoms with Crippen molar-refractivity contribution < 1.29 is 48.0 Å². The Morgan fingerprint density at radius 2 is 1.62 bits per heavy atom. The number of ether oxygens (including phenoxy) is 6. The zero-order valence-electron chi connectivity index (χ0n) is 28.7. The summed E-state index contributed by atoms with van der Waals surface area (Å²) in [6.07, 6.45) is -0.466. The number of aliphatic hydroxyl groups is 1. The normalized spacial score (nSPS) is 13.8. The first-order chi connectivity index (χ1) is 24.0. The predicted molar refractivity (Wildman–Crippen MR) is 182 cm³/mol. The summed E-state index contributed by atoms with van der Waals surface area (Å²) in [4.78, 5) is 37.0. The largest absolute Gasteiger partial charge is 0.493 e. The molecule has 0 radical (unpaired) electrons. The predicted octanol–water partition coefficient (Wildman–Crippen LogP) is 4.90. The number of hydrogen-bond acceptors (Lipinski definition) is 13. The van der Waals surface area contributed by atoms with E-state index in [0.29, 0.717) is 42.4 Å². The van der Waals surface area contributed by atoms with Crippen LogP contribution in [-0.4, -0.2) is 69.1 Å². The van der Waals surface area contributed by atoms with Gasteiger partial charge in [0.05, 0.1) is 55.5 Å². The third-order valence-electron chi connectivity index (χ3n) is 7.70. The van der Waals surface area contributed by atoms with Gasteiger partial charge in [-0.3, -0.25) is 10.1 Å². The van der Waals surface area contributed by atoms with E-state index in [0.717, 1.165) is 17.2 Å². The fraction of sp³-hybridized carbons (Fsp3) is 0.333.